The molecular weight excluding hydrogens is 296 g/mol. The Labute approximate surface area is 133 Å². The lowest BCUT2D eigenvalue weighted by Gasteiger charge is -2.10. The molecule has 0 fully saturated rings. The van der Waals surface area contributed by atoms with Crippen LogP contribution in [-0.2, 0) is 0 Å². The highest BCUT2D eigenvalue weighted by molar-refractivity contribution is 7.10. The van der Waals surface area contributed by atoms with Gasteiger partial charge in [0.2, 0.25) is 0 Å². The Hall–Kier alpha value is -2.40. The summed E-state index contributed by atoms with van der Waals surface area (Å²) in [4.78, 5) is 24.7. The molecule has 0 spiro atoms. The molecule has 1 heterocycles. The third kappa shape index (κ3) is 4.86. The molecule has 4 nitrogen and oxygen atoms in total. The van der Waals surface area contributed by atoms with Gasteiger partial charge in [0.25, 0.3) is 0 Å². The largest absolute Gasteiger partial charge is 0.336 e. The number of anilines is 1. The number of carbonyl (C=O) groups excluding carboxylic acids is 2. The minimum Gasteiger partial charge on any atom is -0.336 e. The van der Waals surface area contributed by atoms with Gasteiger partial charge in [0.15, 0.2) is 5.78 Å². The molecule has 0 atom stereocenters. The van der Waals surface area contributed by atoms with Crippen LogP contribution in [0.2, 0.25) is 0 Å². The molecule has 1 aromatic carbocycles. The second-order valence-electron chi connectivity index (χ2n) is 5.04. The van der Waals surface area contributed by atoms with Gasteiger partial charge in [-0.05, 0) is 61.7 Å². The molecule has 2 N–H and O–H groups in total. The summed E-state index contributed by atoms with van der Waals surface area (Å²) in [6.07, 6.45) is 3.36. The van der Waals surface area contributed by atoms with Crippen molar-refractivity contribution < 1.29 is 9.59 Å². The highest BCUT2D eigenvalue weighted by Crippen LogP contribution is 2.13. The van der Waals surface area contributed by atoms with Gasteiger partial charge in [-0.2, -0.15) is 0 Å². The van der Waals surface area contributed by atoms with Gasteiger partial charge in [-0.3, -0.25) is 4.79 Å². The zero-order valence-electron chi connectivity index (χ0n) is 12.5. The van der Waals surface area contributed by atoms with Gasteiger partial charge >= 0.3 is 6.03 Å². The lowest BCUT2D eigenvalue weighted by molar-refractivity contribution is 0.104. The van der Waals surface area contributed by atoms with Crippen LogP contribution < -0.4 is 10.6 Å². The summed E-state index contributed by atoms with van der Waals surface area (Å²) >= 11 is 1.58. The fourth-order valence-corrected chi connectivity index (χ4v) is 2.41. The number of rotatable bonds is 5. The van der Waals surface area contributed by atoms with Crippen LogP contribution in [0.1, 0.15) is 29.1 Å². The molecule has 0 unspecified atom stereocenters. The van der Waals surface area contributed by atoms with E-state index in [1.807, 2.05) is 31.4 Å². The molecule has 2 amide bonds. The number of hydrogen-bond donors (Lipinski definition) is 2. The number of ketones is 1. The van der Waals surface area contributed by atoms with Crippen molar-refractivity contribution in [1.29, 1.82) is 0 Å². The smallest absolute Gasteiger partial charge is 0.319 e. The number of amides is 2. The number of thiophene rings is 1. The number of carbonyl (C=O) groups is 2. The van der Waals surface area contributed by atoms with E-state index in [2.05, 4.69) is 10.6 Å². The standard InChI is InChI=1S/C17H18N2O2S/c1-12(2)18-17(21)19-14-7-5-13(6-8-14)16(20)10-9-15-4-3-11-22-15/h3-12H,1-2H3,(H2,18,19,21). The molecule has 2 aromatic rings. The molecule has 0 aliphatic rings. The quantitative estimate of drug-likeness (QED) is 0.642. The van der Waals surface area contributed by atoms with Crippen LogP contribution in [0.4, 0.5) is 10.5 Å². The van der Waals surface area contributed by atoms with Crippen molar-refractivity contribution in [2.24, 2.45) is 0 Å². The molecule has 22 heavy (non-hydrogen) atoms. The topological polar surface area (TPSA) is 58.2 Å². The molecular formula is C17H18N2O2S. The van der Waals surface area contributed by atoms with Crippen LogP contribution in [0, 0.1) is 0 Å². The second-order valence-corrected chi connectivity index (χ2v) is 6.02. The number of allylic oxidation sites excluding steroid dienone is 1. The number of hydrogen-bond acceptors (Lipinski definition) is 3. The normalized spacial score (nSPS) is 10.9. The van der Waals surface area contributed by atoms with Crippen molar-refractivity contribution in [3.63, 3.8) is 0 Å². The van der Waals surface area contributed by atoms with Crippen LogP contribution in [0.25, 0.3) is 6.08 Å². The summed E-state index contributed by atoms with van der Waals surface area (Å²) in [6.45, 7) is 3.78. The summed E-state index contributed by atoms with van der Waals surface area (Å²) in [5.41, 5.74) is 1.24. The summed E-state index contributed by atoms with van der Waals surface area (Å²) in [5.74, 6) is -0.0634. The van der Waals surface area contributed by atoms with Gasteiger partial charge in [0.1, 0.15) is 0 Å². The molecule has 0 saturated heterocycles. The van der Waals surface area contributed by atoms with E-state index in [0.29, 0.717) is 11.3 Å². The van der Waals surface area contributed by atoms with E-state index in [1.165, 1.54) is 0 Å². The van der Waals surface area contributed by atoms with Gasteiger partial charge < -0.3 is 10.6 Å². The third-order valence-corrected chi connectivity index (χ3v) is 3.63. The first kappa shape index (κ1) is 16.0. The minimum atomic E-state index is -0.258. The Bertz CT molecular complexity index is 658. The molecule has 1 aromatic heterocycles. The van der Waals surface area contributed by atoms with Crippen LogP contribution in [0.3, 0.4) is 0 Å². The van der Waals surface area contributed by atoms with Gasteiger partial charge in [-0.25, -0.2) is 4.79 Å². The predicted octanol–water partition coefficient (Wildman–Crippen LogP) is 4.17. The SMILES string of the molecule is CC(C)NC(=O)Nc1ccc(C(=O)C=Cc2cccs2)cc1. The van der Waals surface area contributed by atoms with Gasteiger partial charge in [0, 0.05) is 22.2 Å². The highest BCUT2D eigenvalue weighted by atomic mass is 32.1. The van der Waals surface area contributed by atoms with Gasteiger partial charge in [-0.1, -0.05) is 6.07 Å². The molecule has 0 radical (unpaired) electrons. The van der Waals surface area contributed by atoms with Crippen molar-refractivity contribution >= 4 is 34.9 Å². The average molecular weight is 314 g/mol. The van der Waals surface area contributed by atoms with Gasteiger partial charge in [0.05, 0.1) is 0 Å². The summed E-state index contributed by atoms with van der Waals surface area (Å²) < 4.78 is 0. The highest BCUT2D eigenvalue weighted by Gasteiger charge is 2.05. The molecule has 0 saturated carbocycles. The monoisotopic (exact) mass is 314 g/mol. The maximum Gasteiger partial charge on any atom is 0.319 e. The molecule has 0 aliphatic carbocycles. The van der Waals surface area contributed by atoms with Crippen LogP contribution in [0.15, 0.2) is 47.9 Å². The van der Waals surface area contributed by atoms with Gasteiger partial charge in [-0.15, -0.1) is 11.3 Å². The Morgan fingerprint density at radius 2 is 1.86 bits per heavy atom. The van der Waals surface area contributed by atoms with E-state index in [0.717, 1.165) is 4.88 Å². The minimum absolute atomic E-state index is 0.0634. The summed E-state index contributed by atoms with van der Waals surface area (Å²) in [6, 6.07) is 10.5. The zero-order valence-corrected chi connectivity index (χ0v) is 13.3. The zero-order chi connectivity index (χ0) is 15.9. The maximum absolute atomic E-state index is 12.0. The van der Waals surface area contributed by atoms with Crippen LogP contribution in [-0.4, -0.2) is 17.9 Å². The Balaban J connectivity index is 1.96. The molecule has 0 aliphatic heterocycles. The first-order valence-electron chi connectivity index (χ1n) is 6.98. The predicted molar refractivity (Wildman–Crippen MR) is 91.4 cm³/mol. The number of urea groups is 1. The Morgan fingerprint density at radius 1 is 1.14 bits per heavy atom. The summed E-state index contributed by atoms with van der Waals surface area (Å²) in [5, 5.41) is 7.42. The number of nitrogens with one attached hydrogen (secondary N) is 2. The lowest BCUT2D eigenvalue weighted by atomic mass is 10.1. The van der Waals surface area contributed by atoms with E-state index >= 15 is 0 Å². The van der Waals surface area contributed by atoms with E-state index in [-0.39, 0.29) is 17.9 Å². The van der Waals surface area contributed by atoms with Crippen molar-refractivity contribution in [3.8, 4) is 0 Å². The first-order valence-corrected chi connectivity index (χ1v) is 7.86. The average Bonchev–Trinajstić information content (AvgIpc) is 2.98. The number of benzene rings is 1. The van der Waals surface area contributed by atoms with Crippen molar-refractivity contribution in [1.82, 2.24) is 5.32 Å². The molecule has 5 heteroatoms. The van der Waals surface area contributed by atoms with Crippen molar-refractivity contribution in [2.75, 3.05) is 5.32 Å². The third-order valence-electron chi connectivity index (χ3n) is 2.79. The second kappa shape index (κ2) is 7.56. The first-order chi connectivity index (χ1) is 10.5. The lowest BCUT2D eigenvalue weighted by Crippen LogP contribution is -2.34. The van der Waals surface area contributed by atoms with Crippen LogP contribution >= 0.6 is 11.3 Å². The fourth-order valence-electron chi connectivity index (χ4n) is 1.79. The summed E-state index contributed by atoms with van der Waals surface area (Å²) in [7, 11) is 0. The van der Waals surface area contributed by atoms with Crippen LogP contribution in [0.5, 0.6) is 0 Å². The maximum atomic E-state index is 12.0. The van der Waals surface area contributed by atoms with E-state index < -0.39 is 0 Å². The fraction of sp³-hybridized carbons (Fsp3) is 0.176. The molecule has 0 bridgehead atoms. The molecule has 2 rings (SSSR count). The Kier molecular flexibility index (Phi) is 5.49. The van der Waals surface area contributed by atoms with Crippen molar-refractivity contribution in [2.45, 2.75) is 19.9 Å². The molecule has 114 valence electrons. The Morgan fingerprint density at radius 3 is 2.45 bits per heavy atom. The van der Waals surface area contributed by atoms with E-state index in [4.69, 9.17) is 0 Å². The van der Waals surface area contributed by atoms with E-state index in [1.54, 1.807) is 47.8 Å². The van der Waals surface area contributed by atoms with E-state index in [9.17, 15) is 9.59 Å². The van der Waals surface area contributed by atoms with Crippen molar-refractivity contribution in [3.05, 3.63) is 58.3 Å².